The number of thioether (sulfide) groups is 1. The molecule has 2 aromatic heterocycles. The Morgan fingerprint density at radius 3 is 2.66 bits per heavy atom. The Labute approximate surface area is 189 Å². The molecule has 1 fully saturated rings. The van der Waals surface area contributed by atoms with Crippen molar-refractivity contribution in [3.05, 3.63) is 42.1 Å². The Kier molecular flexibility index (Phi) is 7.17. The fourth-order valence-corrected chi connectivity index (χ4v) is 3.76. The van der Waals surface area contributed by atoms with E-state index < -0.39 is 0 Å². The number of amides is 2. The summed E-state index contributed by atoms with van der Waals surface area (Å²) in [6, 6.07) is 8.79. The summed E-state index contributed by atoms with van der Waals surface area (Å²) in [4.78, 5) is 35.7. The zero-order valence-electron chi connectivity index (χ0n) is 17.8. The second-order valence-corrected chi connectivity index (χ2v) is 7.91. The third-order valence-corrected chi connectivity index (χ3v) is 5.59. The molecule has 0 unspecified atom stereocenters. The number of rotatable bonds is 8. The van der Waals surface area contributed by atoms with Gasteiger partial charge >= 0.3 is 0 Å². The van der Waals surface area contributed by atoms with Gasteiger partial charge in [-0.2, -0.15) is 5.10 Å². The van der Waals surface area contributed by atoms with E-state index in [4.69, 9.17) is 4.74 Å². The van der Waals surface area contributed by atoms with Gasteiger partial charge in [-0.1, -0.05) is 30.0 Å². The second-order valence-electron chi connectivity index (χ2n) is 7.14. The average Bonchev–Trinajstić information content (AvgIpc) is 3.25. The first-order chi connectivity index (χ1) is 15.7. The van der Waals surface area contributed by atoms with Gasteiger partial charge in [0.1, 0.15) is 5.82 Å². The third-order valence-electron chi connectivity index (χ3n) is 5.04. The molecule has 1 aromatic carbocycles. The van der Waals surface area contributed by atoms with Gasteiger partial charge in [0, 0.05) is 25.2 Å². The van der Waals surface area contributed by atoms with Crippen molar-refractivity contribution in [1.82, 2.24) is 30.4 Å². The first-order valence-corrected chi connectivity index (χ1v) is 11.6. The zero-order valence-corrected chi connectivity index (χ0v) is 18.6. The van der Waals surface area contributed by atoms with Gasteiger partial charge in [-0.25, -0.2) is 14.6 Å². The van der Waals surface area contributed by atoms with Crippen LogP contribution in [-0.2, 0) is 16.1 Å². The first kappa shape index (κ1) is 22.0. The lowest BCUT2D eigenvalue weighted by Crippen LogP contribution is -2.38. The van der Waals surface area contributed by atoms with Crippen LogP contribution in [0.1, 0.15) is 10.4 Å². The molecule has 3 heterocycles. The smallest absolute Gasteiger partial charge is 0.251 e. The van der Waals surface area contributed by atoms with Crippen LogP contribution in [0.4, 0.5) is 5.82 Å². The first-order valence-electron chi connectivity index (χ1n) is 10.4. The van der Waals surface area contributed by atoms with E-state index in [9.17, 15) is 9.59 Å². The molecule has 0 bridgehead atoms. The molecule has 1 saturated heterocycles. The number of morpholine rings is 1. The van der Waals surface area contributed by atoms with Crippen LogP contribution in [0, 0.1) is 0 Å². The molecule has 1 aliphatic rings. The second kappa shape index (κ2) is 10.4. The molecule has 11 heteroatoms. The summed E-state index contributed by atoms with van der Waals surface area (Å²) < 4.78 is 7.22. The lowest BCUT2D eigenvalue weighted by molar-refractivity contribution is -0.120. The molecule has 0 radical (unpaired) electrons. The van der Waals surface area contributed by atoms with E-state index in [1.807, 2.05) is 12.3 Å². The lowest BCUT2D eigenvalue weighted by atomic mass is 10.2. The Morgan fingerprint density at radius 2 is 1.91 bits per heavy atom. The summed E-state index contributed by atoms with van der Waals surface area (Å²) in [6.07, 6.45) is 3.71. The Hall–Kier alpha value is -3.18. The van der Waals surface area contributed by atoms with Crippen LogP contribution in [0.3, 0.4) is 0 Å². The topological polar surface area (TPSA) is 114 Å². The molecular weight excluding hydrogens is 430 g/mol. The van der Waals surface area contributed by atoms with E-state index in [1.54, 1.807) is 35.1 Å². The molecule has 2 N–H and O–H groups in total. The monoisotopic (exact) mass is 455 g/mol. The van der Waals surface area contributed by atoms with E-state index in [0.717, 1.165) is 29.9 Å². The van der Waals surface area contributed by atoms with E-state index in [0.29, 0.717) is 37.0 Å². The predicted octanol–water partition coefficient (Wildman–Crippen LogP) is 0.931. The number of carbonyl (C=O) groups is 2. The van der Waals surface area contributed by atoms with E-state index >= 15 is 0 Å². The fourth-order valence-electron chi connectivity index (χ4n) is 3.41. The van der Waals surface area contributed by atoms with Gasteiger partial charge in [-0.05, 0) is 18.4 Å². The lowest BCUT2D eigenvalue weighted by Gasteiger charge is -2.28. The molecule has 4 rings (SSSR count). The molecular formula is C21H25N7O3S. The van der Waals surface area contributed by atoms with Gasteiger partial charge in [-0.3, -0.25) is 9.59 Å². The normalized spacial score (nSPS) is 13.8. The predicted molar refractivity (Wildman–Crippen MR) is 122 cm³/mol. The highest BCUT2D eigenvalue weighted by Crippen LogP contribution is 2.27. The summed E-state index contributed by atoms with van der Waals surface area (Å²) in [5, 5.41) is 11.4. The van der Waals surface area contributed by atoms with Crippen molar-refractivity contribution in [2.75, 3.05) is 50.5 Å². The average molecular weight is 456 g/mol. The molecule has 32 heavy (non-hydrogen) atoms. The quantitative estimate of drug-likeness (QED) is 0.381. The van der Waals surface area contributed by atoms with Crippen molar-refractivity contribution < 1.29 is 14.3 Å². The maximum absolute atomic E-state index is 12.1. The largest absolute Gasteiger partial charge is 0.378 e. The van der Waals surface area contributed by atoms with Crippen LogP contribution >= 0.6 is 11.8 Å². The molecule has 0 atom stereocenters. The number of hydrogen-bond donors (Lipinski definition) is 2. The van der Waals surface area contributed by atoms with Gasteiger partial charge in [0.05, 0.1) is 37.9 Å². The molecule has 0 saturated carbocycles. The van der Waals surface area contributed by atoms with Crippen molar-refractivity contribution in [3.63, 3.8) is 0 Å². The Bertz CT molecular complexity index is 1080. The van der Waals surface area contributed by atoms with Gasteiger partial charge in [-0.15, -0.1) is 0 Å². The number of hydrogen-bond acceptors (Lipinski definition) is 8. The SMILES string of the molecule is CSc1nc(N2CCOCC2)c2cnn(CCNC(=O)CNC(=O)c3ccccc3)c2n1. The highest BCUT2D eigenvalue weighted by atomic mass is 32.2. The molecule has 10 nitrogen and oxygen atoms in total. The summed E-state index contributed by atoms with van der Waals surface area (Å²) in [7, 11) is 0. The number of fused-ring (bicyclic) bond motifs is 1. The standard InChI is InChI=1S/C21H25N7O3S/c1-32-21-25-18(27-9-11-31-12-10-27)16-13-24-28(19(16)26-21)8-7-22-17(29)14-23-20(30)15-5-3-2-4-6-15/h2-6,13H,7-12,14H2,1H3,(H,22,29)(H,23,30). The minimum absolute atomic E-state index is 0.0897. The number of aromatic nitrogens is 4. The number of anilines is 1. The van der Waals surface area contributed by atoms with Gasteiger partial charge in [0.15, 0.2) is 10.8 Å². The summed E-state index contributed by atoms with van der Waals surface area (Å²) in [5.41, 5.74) is 1.25. The minimum atomic E-state index is -0.282. The van der Waals surface area contributed by atoms with Crippen LogP contribution in [0.2, 0.25) is 0 Å². The van der Waals surface area contributed by atoms with Crippen molar-refractivity contribution in [3.8, 4) is 0 Å². The summed E-state index contributed by atoms with van der Waals surface area (Å²) >= 11 is 1.48. The number of nitrogens with one attached hydrogen (secondary N) is 2. The zero-order chi connectivity index (χ0) is 22.3. The van der Waals surface area contributed by atoms with Crippen LogP contribution in [0.5, 0.6) is 0 Å². The summed E-state index contributed by atoms with van der Waals surface area (Å²) in [5.74, 6) is 0.316. The van der Waals surface area contributed by atoms with Gasteiger partial charge in [0.2, 0.25) is 5.91 Å². The van der Waals surface area contributed by atoms with Crippen molar-refractivity contribution in [2.24, 2.45) is 0 Å². The molecule has 3 aromatic rings. The molecule has 1 aliphatic heterocycles. The Balaban J connectivity index is 1.36. The molecule has 0 aliphatic carbocycles. The minimum Gasteiger partial charge on any atom is -0.378 e. The van der Waals surface area contributed by atoms with E-state index in [-0.39, 0.29) is 18.4 Å². The van der Waals surface area contributed by atoms with Crippen molar-refractivity contribution in [1.29, 1.82) is 0 Å². The maximum atomic E-state index is 12.1. The fraction of sp³-hybridized carbons (Fsp3) is 0.381. The Morgan fingerprint density at radius 1 is 1.12 bits per heavy atom. The van der Waals surface area contributed by atoms with Crippen molar-refractivity contribution >= 4 is 40.4 Å². The molecule has 2 amide bonds. The third kappa shape index (κ3) is 5.17. The van der Waals surface area contributed by atoms with Gasteiger partial charge in [0.25, 0.3) is 5.91 Å². The highest BCUT2D eigenvalue weighted by molar-refractivity contribution is 7.98. The van der Waals surface area contributed by atoms with Crippen molar-refractivity contribution in [2.45, 2.75) is 11.7 Å². The van der Waals surface area contributed by atoms with E-state index in [2.05, 4.69) is 30.6 Å². The molecule has 0 spiro atoms. The van der Waals surface area contributed by atoms with Crippen LogP contribution in [-0.4, -0.2) is 77.2 Å². The number of nitrogens with zero attached hydrogens (tertiary/aromatic N) is 5. The van der Waals surface area contributed by atoms with E-state index in [1.165, 1.54) is 11.8 Å². The molecule has 168 valence electrons. The van der Waals surface area contributed by atoms with Crippen LogP contribution < -0.4 is 15.5 Å². The maximum Gasteiger partial charge on any atom is 0.251 e. The van der Waals surface area contributed by atoms with Crippen LogP contribution in [0.25, 0.3) is 11.0 Å². The number of benzene rings is 1. The highest BCUT2D eigenvalue weighted by Gasteiger charge is 2.20. The van der Waals surface area contributed by atoms with Gasteiger partial charge < -0.3 is 20.3 Å². The summed E-state index contributed by atoms with van der Waals surface area (Å²) in [6.45, 7) is 3.61. The number of ether oxygens (including phenoxy) is 1. The van der Waals surface area contributed by atoms with Crippen LogP contribution in [0.15, 0.2) is 41.7 Å². The number of carbonyl (C=O) groups excluding carboxylic acids is 2.